The Balaban J connectivity index is 1.60. The van der Waals surface area contributed by atoms with Crippen LogP contribution in [-0.2, 0) is 14.8 Å². The summed E-state index contributed by atoms with van der Waals surface area (Å²) in [6.07, 6.45) is 0.678. The largest absolute Gasteiger partial charge is 0.379 e. The van der Waals surface area contributed by atoms with Crippen molar-refractivity contribution in [2.24, 2.45) is 0 Å². The van der Waals surface area contributed by atoms with E-state index in [1.54, 1.807) is 30.8 Å². The Bertz CT molecular complexity index is 1070. The normalized spacial score (nSPS) is 19.9. The predicted octanol–water partition coefficient (Wildman–Crippen LogP) is 3.12. The molecule has 0 aliphatic carbocycles. The van der Waals surface area contributed by atoms with Crippen molar-refractivity contribution in [3.05, 3.63) is 58.9 Å². The zero-order chi connectivity index (χ0) is 21.3. The number of hydrogen-bond donors (Lipinski definition) is 1. The van der Waals surface area contributed by atoms with E-state index in [2.05, 4.69) is 5.32 Å². The third kappa shape index (κ3) is 4.25. The van der Waals surface area contributed by atoms with Gasteiger partial charge in [-0.15, -0.1) is 11.8 Å². The van der Waals surface area contributed by atoms with Gasteiger partial charge >= 0.3 is 0 Å². The van der Waals surface area contributed by atoms with Crippen LogP contribution in [-0.4, -0.2) is 50.7 Å². The number of fused-ring (bicyclic) bond motifs is 1. The van der Waals surface area contributed by atoms with Crippen LogP contribution in [0.4, 0.5) is 4.39 Å². The van der Waals surface area contributed by atoms with Crippen molar-refractivity contribution < 1.29 is 22.3 Å². The fourth-order valence-electron chi connectivity index (χ4n) is 3.69. The number of sulfonamides is 1. The lowest BCUT2D eigenvalue weighted by molar-refractivity contribution is 0.0730. The zero-order valence-electron chi connectivity index (χ0n) is 16.6. The molecule has 160 valence electrons. The summed E-state index contributed by atoms with van der Waals surface area (Å²) in [6, 6.07) is 8.89. The van der Waals surface area contributed by atoms with Crippen molar-refractivity contribution in [2.75, 3.05) is 32.1 Å². The highest BCUT2D eigenvalue weighted by molar-refractivity contribution is 7.99. The van der Waals surface area contributed by atoms with Crippen LogP contribution in [0.1, 0.15) is 33.9 Å². The molecule has 0 saturated carbocycles. The molecular formula is C21H23FN2O4S2. The van der Waals surface area contributed by atoms with Crippen molar-refractivity contribution in [3.63, 3.8) is 0 Å². The molecule has 30 heavy (non-hydrogen) atoms. The topological polar surface area (TPSA) is 75.7 Å². The van der Waals surface area contributed by atoms with Crippen molar-refractivity contribution >= 4 is 27.7 Å². The van der Waals surface area contributed by atoms with Crippen molar-refractivity contribution in [2.45, 2.75) is 29.2 Å². The van der Waals surface area contributed by atoms with E-state index >= 15 is 0 Å². The van der Waals surface area contributed by atoms with Gasteiger partial charge in [0.15, 0.2) is 0 Å². The number of nitrogens with one attached hydrogen (secondary N) is 1. The molecule has 2 aromatic rings. The van der Waals surface area contributed by atoms with Gasteiger partial charge in [0.2, 0.25) is 10.0 Å². The lowest BCUT2D eigenvalue weighted by Crippen LogP contribution is -2.40. The highest BCUT2D eigenvalue weighted by Gasteiger charge is 2.28. The van der Waals surface area contributed by atoms with E-state index < -0.39 is 10.0 Å². The van der Waals surface area contributed by atoms with Crippen LogP contribution in [0.5, 0.6) is 0 Å². The molecule has 2 aromatic carbocycles. The number of carbonyl (C=O) groups is 1. The van der Waals surface area contributed by atoms with Crippen LogP contribution in [0.2, 0.25) is 0 Å². The first-order valence-electron chi connectivity index (χ1n) is 9.78. The van der Waals surface area contributed by atoms with Gasteiger partial charge in [0, 0.05) is 29.3 Å². The van der Waals surface area contributed by atoms with Gasteiger partial charge in [0.05, 0.1) is 24.2 Å². The summed E-state index contributed by atoms with van der Waals surface area (Å²) in [6.45, 7) is 3.06. The summed E-state index contributed by atoms with van der Waals surface area (Å²) in [7, 11) is -3.70. The number of ether oxygens (including phenoxy) is 1. The molecular weight excluding hydrogens is 427 g/mol. The molecule has 0 radical (unpaired) electrons. The lowest BCUT2D eigenvalue weighted by Gasteiger charge is -2.27. The third-order valence-electron chi connectivity index (χ3n) is 5.38. The van der Waals surface area contributed by atoms with E-state index in [1.807, 2.05) is 0 Å². The molecule has 1 fully saturated rings. The maximum Gasteiger partial charge on any atom is 0.252 e. The van der Waals surface area contributed by atoms with Crippen LogP contribution in [0, 0.1) is 12.7 Å². The van der Waals surface area contributed by atoms with Crippen LogP contribution in [0.15, 0.2) is 46.2 Å². The summed E-state index contributed by atoms with van der Waals surface area (Å²) in [4.78, 5) is 14.1. The number of carbonyl (C=O) groups excluding carboxylic acids is 1. The van der Waals surface area contributed by atoms with E-state index in [0.717, 1.165) is 16.2 Å². The summed E-state index contributed by atoms with van der Waals surface area (Å²) in [5, 5.41) is 2.97. The molecule has 0 bridgehead atoms. The first-order valence-corrected chi connectivity index (χ1v) is 12.2. The van der Waals surface area contributed by atoms with E-state index in [-0.39, 0.29) is 22.7 Å². The molecule has 1 unspecified atom stereocenters. The summed E-state index contributed by atoms with van der Waals surface area (Å²) >= 11 is 1.64. The SMILES string of the molecule is Cc1ccc(S(=O)(=O)N2CCOCC2)cc1C(=O)NC1CCSc2ccc(F)cc21. The summed E-state index contributed by atoms with van der Waals surface area (Å²) < 4.78 is 46.3. The quantitative estimate of drug-likeness (QED) is 0.775. The van der Waals surface area contributed by atoms with Gasteiger partial charge in [-0.2, -0.15) is 4.31 Å². The first kappa shape index (κ1) is 21.3. The van der Waals surface area contributed by atoms with Crippen LogP contribution in [0.3, 0.4) is 0 Å². The highest BCUT2D eigenvalue weighted by atomic mass is 32.2. The standard InChI is InChI=1S/C21H23FN2O4S2/c1-14-2-4-16(30(26,27)24-7-9-28-10-8-24)13-17(14)21(25)23-19-6-11-29-20-5-3-15(22)12-18(19)20/h2-5,12-13,19H,6-11H2,1H3,(H,23,25). The Morgan fingerprint density at radius 1 is 1.20 bits per heavy atom. The second-order valence-electron chi connectivity index (χ2n) is 7.34. The molecule has 1 N–H and O–H groups in total. The van der Waals surface area contributed by atoms with Gasteiger partial charge in [0.1, 0.15) is 5.82 Å². The third-order valence-corrected chi connectivity index (χ3v) is 8.40. The second-order valence-corrected chi connectivity index (χ2v) is 10.4. The molecule has 1 amide bonds. The molecule has 2 aliphatic heterocycles. The maximum absolute atomic E-state index is 13.8. The molecule has 9 heteroatoms. The average Bonchev–Trinajstić information content (AvgIpc) is 2.75. The fourth-order valence-corrected chi connectivity index (χ4v) is 6.23. The Morgan fingerprint density at radius 2 is 1.97 bits per heavy atom. The molecule has 2 heterocycles. The number of rotatable bonds is 4. The number of nitrogens with zero attached hydrogens (tertiary/aromatic N) is 1. The molecule has 1 atom stereocenters. The minimum absolute atomic E-state index is 0.0887. The van der Waals surface area contributed by atoms with Gasteiger partial charge in [-0.25, -0.2) is 12.8 Å². The highest BCUT2D eigenvalue weighted by Crippen LogP contribution is 2.36. The second kappa shape index (κ2) is 8.66. The molecule has 0 spiro atoms. The van der Waals surface area contributed by atoms with Crippen molar-refractivity contribution in [1.29, 1.82) is 0 Å². The van der Waals surface area contributed by atoms with E-state index in [0.29, 0.717) is 43.9 Å². The van der Waals surface area contributed by atoms with Gasteiger partial charge in [0.25, 0.3) is 5.91 Å². The number of aryl methyl sites for hydroxylation is 1. The predicted molar refractivity (Wildman–Crippen MR) is 113 cm³/mol. The molecule has 0 aromatic heterocycles. The number of benzene rings is 2. The van der Waals surface area contributed by atoms with E-state index in [9.17, 15) is 17.6 Å². The van der Waals surface area contributed by atoms with Gasteiger partial charge in [-0.05, 0) is 54.8 Å². The number of amides is 1. The molecule has 6 nitrogen and oxygen atoms in total. The van der Waals surface area contributed by atoms with Crippen LogP contribution >= 0.6 is 11.8 Å². The van der Waals surface area contributed by atoms with Gasteiger partial charge in [-0.3, -0.25) is 4.79 Å². The smallest absolute Gasteiger partial charge is 0.252 e. The fraction of sp³-hybridized carbons (Fsp3) is 0.381. The Hall–Kier alpha value is -1.94. The first-order chi connectivity index (χ1) is 14.4. The van der Waals surface area contributed by atoms with Gasteiger partial charge < -0.3 is 10.1 Å². The Morgan fingerprint density at radius 3 is 2.73 bits per heavy atom. The van der Waals surface area contributed by atoms with E-state index in [4.69, 9.17) is 4.74 Å². The summed E-state index contributed by atoms with van der Waals surface area (Å²) in [5.74, 6) is 0.109. The minimum Gasteiger partial charge on any atom is -0.379 e. The molecule has 2 aliphatic rings. The molecule has 4 rings (SSSR count). The average molecular weight is 451 g/mol. The molecule has 1 saturated heterocycles. The number of thioether (sulfide) groups is 1. The number of halogens is 1. The van der Waals surface area contributed by atoms with E-state index in [1.165, 1.54) is 28.6 Å². The number of morpholine rings is 1. The lowest BCUT2D eigenvalue weighted by atomic mass is 10.0. The Labute approximate surface area is 179 Å². The van der Waals surface area contributed by atoms with Crippen LogP contribution in [0.25, 0.3) is 0 Å². The number of hydrogen-bond acceptors (Lipinski definition) is 5. The van der Waals surface area contributed by atoms with Crippen molar-refractivity contribution in [1.82, 2.24) is 9.62 Å². The Kier molecular flexibility index (Phi) is 6.15. The summed E-state index contributed by atoms with van der Waals surface area (Å²) in [5.41, 5.74) is 1.74. The van der Waals surface area contributed by atoms with Crippen LogP contribution < -0.4 is 5.32 Å². The minimum atomic E-state index is -3.70. The van der Waals surface area contributed by atoms with Crippen molar-refractivity contribution in [3.8, 4) is 0 Å². The zero-order valence-corrected chi connectivity index (χ0v) is 18.2. The maximum atomic E-state index is 13.8. The monoisotopic (exact) mass is 450 g/mol. The van der Waals surface area contributed by atoms with Gasteiger partial charge in [-0.1, -0.05) is 6.07 Å².